The van der Waals surface area contributed by atoms with Gasteiger partial charge in [-0.05, 0) is 91.2 Å². The predicted molar refractivity (Wildman–Crippen MR) is 180 cm³/mol. The minimum atomic E-state index is -0.926. The second kappa shape index (κ2) is 14.0. The van der Waals surface area contributed by atoms with Crippen LogP contribution >= 0.6 is 25.3 Å². The van der Waals surface area contributed by atoms with E-state index in [1.807, 2.05) is 52.8 Å². The summed E-state index contributed by atoms with van der Waals surface area (Å²) in [5.41, 5.74) is 6.89. The summed E-state index contributed by atoms with van der Waals surface area (Å²) >= 11 is 8.72. The molecule has 1 fully saturated rings. The highest BCUT2D eigenvalue weighted by Crippen LogP contribution is 2.34. The van der Waals surface area contributed by atoms with Gasteiger partial charge in [-0.1, -0.05) is 13.8 Å². The molecule has 0 radical (unpaired) electrons. The van der Waals surface area contributed by atoms with Crippen LogP contribution in [0.5, 0.6) is 0 Å². The van der Waals surface area contributed by atoms with Gasteiger partial charge in [0.15, 0.2) is 0 Å². The number of rotatable bonds is 11. The van der Waals surface area contributed by atoms with Crippen LogP contribution in [0.15, 0.2) is 28.3 Å². The highest BCUT2D eigenvalue weighted by molar-refractivity contribution is 7.83. The average Bonchev–Trinajstić information content (AvgIpc) is 3.60. The number of aliphatic carboxylic acids is 2. The lowest BCUT2D eigenvalue weighted by Crippen LogP contribution is -2.29. The number of aromatic amines is 2. The van der Waals surface area contributed by atoms with Crippen LogP contribution in [0.1, 0.15) is 67.3 Å². The molecule has 1 unspecified atom stereocenters. The molecule has 0 aliphatic carbocycles. The number of nitrogens with one attached hydrogen (secondary N) is 4. The molecule has 2 aromatic heterocycles. The Balaban J connectivity index is 1.89. The summed E-state index contributed by atoms with van der Waals surface area (Å²) < 4.78 is 0. The molecule has 0 aromatic carbocycles. The molecule has 2 aromatic rings. The molecular weight excluding hydrogens is 613 g/mol. The van der Waals surface area contributed by atoms with Gasteiger partial charge >= 0.3 is 11.9 Å². The van der Waals surface area contributed by atoms with Gasteiger partial charge in [-0.25, -0.2) is 0 Å². The Hall–Kier alpha value is -3.90. The zero-order chi connectivity index (χ0) is 33.2. The molecule has 0 saturated carbocycles. The second-order valence-corrected chi connectivity index (χ2v) is 12.8. The van der Waals surface area contributed by atoms with E-state index < -0.39 is 11.9 Å². The predicted octanol–water partition coefficient (Wildman–Crippen LogP) is 2.90. The minimum Gasteiger partial charge on any atom is -0.481 e. The number of H-pyrrole nitrogens is 2. The van der Waals surface area contributed by atoms with E-state index in [0.29, 0.717) is 16.6 Å². The van der Waals surface area contributed by atoms with Crippen molar-refractivity contribution in [3.63, 3.8) is 0 Å². The number of aromatic nitrogens is 2. The number of carboxylic acid groups (broad SMARTS) is 2. The van der Waals surface area contributed by atoms with Crippen molar-refractivity contribution >= 4 is 67.2 Å². The van der Waals surface area contributed by atoms with Gasteiger partial charge in [0, 0.05) is 63.3 Å². The van der Waals surface area contributed by atoms with Crippen molar-refractivity contribution in [2.24, 2.45) is 11.8 Å². The lowest BCUT2D eigenvalue weighted by Gasteiger charge is -2.17. The topological polar surface area (TPSA) is 164 Å². The fraction of sp³-hybridized carbons (Fsp3) is 0.394. The van der Waals surface area contributed by atoms with E-state index in [-0.39, 0.29) is 60.6 Å². The summed E-state index contributed by atoms with van der Waals surface area (Å²) in [5.74, 6) is -2.47. The van der Waals surface area contributed by atoms with Crippen molar-refractivity contribution in [3.05, 3.63) is 72.7 Å². The van der Waals surface area contributed by atoms with Crippen LogP contribution in [0.3, 0.4) is 0 Å². The number of carbonyl (C=O) groups is 4. The summed E-state index contributed by atoms with van der Waals surface area (Å²) in [6.45, 7) is 9.52. The first-order chi connectivity index (χ1) is 21.2. The van der Waals surface area contributed by atoms with Gasteiger partial charge in [-0.15, -0.1) is 0 Å². The molecule has 0 bridgehead atoms. The number of thiol groups is 2. The van der Waals surface area contributed by atoms with E-state index in [0.717, 1.165) is 44.6 Å². The Morgan fingerprint density at radius 3 is 2.18 bits per heavy atom. The standard InChI is InChI=1S/C33H40N4O6S2/c1-15-20(6-8-29(38)39)26(34-23(15)12-25-17(3)22(10-11-44)33(43)36-25)14-27-21(7-9-30(40)41)16(2)24(35-27)13-28-31(19(5)45)18(4)32(42)37-28/h10-14,18-19,25,31,34-35,44-45H,6-9H2,1-5H3,(H,36,43)(H,37,42)(H,38,39)(H,40,41)/b11-10+,23-12+,26-14+,28-13-/t18-,19?,25-,31+/m1/s1. The molecule has 2 amide bonds. The van der Waals surface area contributed by atoms with Crippen LogP contribution < -0.4 is 21.3 Å². The summed E-state index contributed by atoms with van der Waals surface area (Å²) in [6.07, 6.45) is 7.72. The third-order valence-corrected chi connectivity index (χ3v) is 9.23. The van der Waals surface area contributed by atoms with Crippen LogP contribution in [-0.4, -0.2) is 55.2 Å². The van der Waals surface area contributed by atoms with Gasteiger partial charge in [0.2, 0.25) is 5.91 Å². The summed E-state index contributed by atoms with van der Waals surface area (Å²) in [5, 5.41) is 27.8. The molecule has 12 heteroatoms. The first kappa shape index (κ1) is 34.0. The van der Waals surface area contributed by atoms with Crippen molar-refractivity contribution in [2.45, 2.75) is 71.6 Å². The lowest BCUT2D eigenvalue weighted by molar-refractivity contribution is -0.138. The van der Waals surface area contributed by atoms with Crippen LogP contribution in [-0.2, 0) is 32.0 Å². The number of allylic oxidation sites excluding steroid dienone is 1. The van der Waals surface area contributed by atoms with E-state index in [1.165, 1.54) is 5.41 Å². The second-order valence-electron chi connectivity index (χ2n) is 11.7. The molecule has 45 heavy (non-hydrogen) atoms. The lowest BCUT2D eigenvalue weighted by atomic mass is 9.91. The van der Waals surface area contributed by atoms with Crippen molar-refractivity contribution in [1.29, 1.82) is 0 Å². The average molecular weight is 653 g/mol. The zero-order valence-corrected chi connectivity index (χ0v) is 27.7. The number of hydrogen-bond acceptors (Lipinski definition) is 6. The zero-order valence-electron chi connectivity index (χ0n) is 25.9. The number of carbonyl (C=O) groups excluding carboxylic acids is 2. The molecule has 4 rings (SSSR count). The summed E-state index contributed by atoms with van der Waals surface area (Å²) in [6, 6.07) is -0.363. The molecule has 0 spiro atoms. The molecule has 4 atom stereocenters. The van der Waals surface area contributed by atoms with Gasteiger partial charge in [0.05, 0.1) is 6.04 Å². The molecule has 4 heterocycles. The first-order valence-corrected chi connectivity index (χ1v) is 15.9. The molecule has 2 aliphatic rings. The number of amides is 2. The summed E-state index contributed by atoms with van der Waals surface area (Å²) in [4.78, 5) is 55.0. The van der Waals surface area contributed by atoms with E-state index in [4.69, 9.17) is 0 Å². The smallest absolute Gasteiger partial charge is 0.303 e. The van der Waals surface area contributed by atoms with Crippen molar-refractivity contribution in [1.82, 2.24) is 20.6 Å². The van der Waals surface area contributed by atoms with Crippen molar-refractivity contribution in [2.75, 3.05) is 0 Å². The molecule has 6 N–H and O–H groups in total. The first-order valence-electron chi connectivity index (χ1n) is 14.8. The Kier molecular flexibility index (Phi) is 10.6. The highest BCUT2D eigenvalue weighted by Gasteiger charge is 2.37. The monoisotopic (exact) mass is 652 g/mol. The van der Waals surface area contributed by atoms with Gasteiger partial charge < -0.3 is 30.8 Å². The normalized spacial score (nSPS) is 22.6. The summed E-state index contributed by atoms with van der Waals surface area (Å²) in [7, 11) is 0. The van der Waals surface area contributed by atoms with Gasteiger partial charge in [0.25, 0.3) is 5.91 Å². The van der Waals surface area contributed by atoms with Gasteiger partial charge in [-0.2, -0.15) is 25.3 Å². The molecule has 1 saturated heterocycles. The minimum absolute atomic E-state index is 0.0692. The van der Waals surface area contributed by atoms with Crippen molar-refractivity contribution < 1.29 is 29.4 Å². The third-order valence-electron chi connectivity index (χ3n) is 8.76. The maximum Gasteiger partial charge on any atom is 0.303 e. The van der Waals surface area contributed by atoms with Crippen LogP contribution in [0.2, 0.25) is 0 Å². The van der Waals surface area contributed by atoms with Crippen LogP contribution in [0.25, 0.3) is 18.2 Å². The SMILES string of the molecule is CC1=C(/C=C/S)C(=O)N[C@@H]1/C=c1/[nH]/c(=C/c2[nH]c(/C=C3\NC(=O)[C@H](C)[C@H]3C(C)S)c(C)c2CCC(=O)O)c(CCC(=O)O)c1C. The molecular formula is C33H40N4O6S2. The Morgan fingerprint density at radius 2 is 1.58 bits per heavy atom. The van der Waals surface area contributed by atoms with E-state index in [2.05, 4.69) is 45.9 Å². The maximum absolute atomic E-state index is 12.5. The number of hydrogen-bond donors (Lipinski definition) is 8. The maximum atomic E-state index is 12.5. The Morgan fingerprint density at radius 1 is 0.933 bits per heavy atom. The Bertz CT molecular complexity index is 1760. The highest BCUT2D eigenvalue weighted by atomic mass is 32.1. The molecule has 10 nitrogen and oxygen atoms in total. The molecule has 240 valence electrons. The Labute approximate surface area is 272 Å². The van der Waals surface area contributed by atoms with Gasteiger partial charge in [-0.3, -0.25) is 19.2 Å². The van der Waals surface area contributed by atoms with Crippen LogP contribution in [0.4, 0.5) is 0 Å². The van der Waals surface area contributed by atoms with E-state index in [1.54, 1.807) is 6.08 Å². The van der Waals surface area contributed by atoms with E-state index in [9.17, 15) is 29.4 Å². The van der Waals surface area contributed by atoms with Gasteiger partial charge in [0.1, 0.15) is 0 Å². The van der Waals surface area contributed by atoms with E-state index >= 15 is 0 Å². The van der Waals surface area contributed by atoms with Crippen LogP contribution in [0, 0.1) is 25.7 Å². The fourth-order valence-electron chi connectivity index (χ4n) is 6.19. The number of carboxylic acids is 2. The fourth-order valence-corrected chi connectivity index (χ4v) is 6.76. The quantitative estimate of drug-likeness (QED) is 0.174. The largest absolute Gasteiger partial charge is 0.481 e. The van der Waals surface area contributed by atoms with Crippen molar-refractivity contribution in [3.8, 4) is 0 Å². The molecule has 2 aliphatic heterocycles. The third kappa shape index (κ3) is 7.33.